The van der Waals surface area contributed by atoms with Crippen LogP contribution in [0.25, 0.3) is 0 Å². The lowest BCUT2D eigenvalue weighted by molar-refractivity contribution is -0.139. The minimum atomic E-state index is -0.296. The molecule has 3 N–H and O–H groups in total. The van der Waals surface area contributed by atoms with E-state index in [2.05, 4.69) is 16.2 Å². The van der Waals surface area contributed by atoms with E-state index in [4.69, 9.17) is 4.74 Å². The highest BCUT2D eigenvalue weighted by Gasteiger charge is 2.35. The second-order valence-corrected chi connectivity index (χ2v) is 5.77. The summed E-state index contributed by atoms with van der Waals surface area (Å²) in [5, 5.41) is 2.66. The number of imide groups is 1. The third-order valence-corrected chi connectivity index (χ3v) is 3.60. The zero-order chi connectivity index (χ0) is 18.1. The molecule has 0 aromatic heterocycles. The standard InChI is InChI=1S/C15H26N4O5/c1-10-8-14(22)19(15(10)23)6-4-12(20)17-5-7-24-11(2)9-13(21)18-16-3/h10-11,16H,4-9H2,1-3H3,(H,17,20)(H,18,21). The Morgan fingerprint density at radius 2 is 2.04 bits per heavy atom. The van der Waals surface area contributed by atoms with Crippen LogP contribution < -0.4 is 16.2 Å². The number of amides is 4. The first-order chi connectivity index (χ1) is 11.3. The molecule has 9 nitrogen and oxygen atoms in total. The second-order valence-electron chi connectivity index (χ2n) is 5.77. The monoisotopic (exact) mass is 342 g/mol. The number of nitrogens with one attached hydrogen (secondary N) is 3. The van der Waals surface area contributed by atoms with E-state index in [1.165, 1.54) is 0 Å². The molecule has 1 saturated heterocycles. The number of rotatable bonds is 10. The van der Waals surface area contributed by atoms with Crippen molar-refractivity contribution in [3.63, 3.8) is 0 Å². The third kappa shape index (κ3) is 6.63. The van der Waals surface area contributed by atoms with Crippen LogP contribution in [0.5, 0.6) is 0 Å². The number of nitrogens with zero attached hydrogens (tertiary/aromatic N) is 1. The quantitative estimate of drug-likeness (QED) is 0.264. The number of ether oxygens (including phenoxy) is 1. The van der Waals surface area contributed by atoms with Crippen LogP contribution in [-0.2, 0) is 23.9 Å². The second kappa shape index (κ2) is 9.99. The Balaban J connectivity index is 2.13. The van der Waals surface area contributed by atoms with Gasteiger partial charge in [-0.3, -0.25) is 29.5 Å². The van der Waals surface area contributed by atoms with E-state index in [1.807, 2.05) is 0 Å². The van der Waals surface area contributed by atoms with E-state index < -0.39 is 0 Å². The summed E-state index contributed by atoms with van der Waals surface area (Å²) in [5.74, 6) is -1.17. The Morgan fingerprint density at radius 1 is 1.33 bits per heavy atom. The first-order valence-corrected chi connectivity index (χ1v) is 8.03. The maximum absolute atomic E-state index is 11.7. The molecule has 1 fully saturated rings. The van der Waals surface area contributed by atoms with Gasteiger partial charge in [-0.15, -0.1) is 0 Å². The largest absolute Gasteiger partial charge is 0.376 e. The Hall–Kier alpha value is -2.00. The molecule has 24 heavy (non-hydrogen) atoms. The van der Waals surface area contributed by atoms with Gasteiger partial charge in [0.1, 0.15) is 0 Å². The van der Waals surface area contributed by atoms with Crippen LogP contribution in [0.2, 0.25) is 0 Å². The highest BCUT2D eigenvalue weighted by molar-refractivity contribution is 6.03. The fourth-order valence-electron chi connectivity index (χ4n) is 2.35. The molecule has 0 aliphatic carbocycles. The van der Waals surface area contributed by atoms with Crippen molar-refractivity contribution < 1.29 is 23.9 Å². The lowest BCUT2D eigenvalue weighted by Gasteiger charge is -2.15. The van der Waals surface area contributed by atoms with Crippen molar-refractivity contribution in [2.45, 2.75) is 39.2 Å². The molecule has 1 rings (SSSR count). The van der Waals surface area contributed by atoms with Crippen LogP contribution >= 0.6 is 0 Å². The zero-order valence-corrected chi connectivity index (χ0v) is 14.4. The minimum Gasteiger partial charge on any atom is -0.376 e. The van der Waals surface area contributed by atoms with E-state index in [0.717, 1.165) is 4.90 Å². The predicted molar refractivity (Wildman–Crippen MR) is 85.4 cm³/mol. The van der Waals surface area contributed by atoms with Gasteiger partial charge in [0.2, 0.25) is 23.6 Å². The Morgan fingerprint density at radius 3 is 2.62 bits per heavy atom. The van der Waals surface area contributed by atoms with Crippen LogP contribution in [0.3, 0.4) is 0 Å². The van der Waals surface area contributed by atoms with E-state index in [1.54, 1.807) is 20.9 Å². The molecule has 0 bridgehead atoms. The van der Waals surface area contributed by atoms with Gasteiger partial charge in [0.15, 0.2) is 0 Å². The fraction of sp³-hybridized carbons (Fsp3) is 0.733. The van der Waals surface area contributed by atoms with Gasteiger partial charge < -0.3 is 10.1 Å². The first kappa shape index (κ1) is 20.0. The molecule has 2 unspecified atom stereocenters. The lowest BCUT2D eigenvalue weighted by atomic mass is 10.1. The zero-order valence-electron chi connectivity index (χ0n) is 14.4. The number of carbonyl (C=O) groups is 4. The van der Waals surface area contributed by atoms with Crippen molar-refractivity contribution in [3.05, 3.63) is 0 Å². The summed E-state index contributed by atoms with van der Waals surface area (Å²) in [4.78, 5) is 47.5. The average Bonchev–Trinajstić information content (AvgIpc) is 2.75. The van der Waals surface area contributed by atoms with Gasteiger partial charge in [-0.2, -0.15) is 0 Å². The van der Waals surface area contributed by atoms with Gasteiger partial charge in [-0.05, 0) is 6.92 Å². The molecule has 0 spiro atoms. The van der Waals surface area contributed by atoms with Crippen molar-refractivity contribution in [3.8, 4) is 0 Å². The molecule has 9 heteroatoms. The minimum absolute atomic E-state index is 0.0737. The van der Waals surface area contributed by atoms with Gasteiger partial charge in [-0.25, -0.2) is 5.43 Å². The van der Waals surface area contributed by atoms with E-state index in [-0.39, 0.29) is 68.1 Å². The third-order valence-electron chi connectivity index (χ3n) is 3.60. The topological polar surface area (TPSA) is 117 Å². The van der Waals surface area contributed by atoms with Crippen molar-refractivity contribution in [2.24, 2.45) is 5.92 Å². The molecule has 0 saturated carbocycles. The summed E-state index contributed by atoms with van der Waals surface area (Å²) in [6.07, 6.45) is 0.237. The molecule has 0 aromatic rings. The number of hydrazine groups is 1. The number of carbonyl (C=O) groups excluding carboxylic acids is 4. The molecule has 1 aliphatic heterocycles. The molecule has 1 heterocycles. The van der Waals surface area contributed by atoms with E-state index >= 15 is 0 Å². The van der Waals surface area contributed by atoms with Crippen LogP contribution in [0, 0.1) is 5.92 Å². The summed E-state index contributed by atoms with van der Waals surface area (Å²) < 4.78 is 5.41. The first-order valence-electron chi connectivity index (χ1n) is 8.03. The summed E-state index contributed by atoms with van der Waals surface area (Å²) >= 11 is 0. The van der Waals surface area contributed by atoms with Gasteiger partial charge in [0, 0.05) is 38.9 Å². The van der Waals surface area contributed by atoms with Crippen LogP contribution in [0.15, 0.2) is 0 Å². The van der Waals surface area contributed by atoms with Gasteiger partial charge in [-0.1, -0.05) is 6.92 Å². The van der Waals surface area contributed by atoms with E-state index in [9.17, 15) is 19.2 Å². The Bertz CT molecular complexity index is 482. The summed E-state index contributed by atoms with van der Waals surface area (Å²) in [5.41, 5.74) is 4.98. The molecular formula is C15H26N4O5. The summed E-state index contributed by atoms with van der Waals surface area (Å²) in [6, 6.07) is 0. The normalized spacial score (nSPS) is 18.6. The molecule has 1 aliphatic rings. The Labute approximate surface area is 141 Å². The van der Waals surface area contributed by atoms with Crippen molar-refractivity contribution >= 4 is 23.6 Å². The van der Waals surface area contributed by atoms with Crippen LogP contribution in [0.4, 0.5) is 0 Å². The molecule has 0 aromatic carbocycles. The molecule has 2 atom stereocenters. The van der Waals surface area contributed by atoms with E-state index in [0.29, 0.717) is 6.54 Å². The SMILES string of the molecule is CNNC(=O)CC(C)OCCNC(=O)CCN1C(=O)CC(C)C1=O. The number of likely N-dealkylation sites (tertiary alicyclic amines) is 1. The number of hydrogen-bond acceptors (Lipinski definition) is 6. The molecule has 0 radical (unpaired) electrons. The molecular weight excluding hydrogens is 316 g/mol. The Kier molecular flexibility index (Phi) is 8.34. The van der Waals surface area contributed by atoms with Gasteiger partial charge in [0.25, 0.3) is 0 Å². The molecule has 4 amide bonds. The van der Waals surface area contributed by atoms with Gasteiger partial charge >= 0.3 is 0 Å². The maximum atomic E-state index is 11.7. The van der Waals surface area contributed by atoms with Gasteiger partial charge in [0.05, 0.1) is 19.1 Å². The predicted octanol–water partition coefficient (Wildman–Crippen LogP) is -1.07. The highest BCUT2D eigenvalue weighted by Crippen LogP contribution is 2.18. The maximum Gasteiger partial charge on any atom is 0.236 e. The van der Waals surface area contributed by atoms with Crippen molar-refractivity contribution in [2.75, 3.05) is 26.7 Å². The van der Waals surface area contributed by atoms with Crippen molar-refractivity contribution in [1.82, 2.24) is 21.1 Å². The van der Waals surface area contributed by atoms with Crippen molar-refractivity contribution in [1.29, 1.82) is 0 Å². The highest BCUT2D eigenvalue weighted by atomic mass is 16.5. The molecule has 136 valence electrons. The number of hydrogen-bond donors (Lipinski definition) is 3. The lowest BCUT2D eigenvalue weighted by Crippen LogP contribution is -2.37. The summed E-state index contributed by atoms with van der Waals surface area (Å²) in [7, 11) is 1.60. The average molecular weight is 342 g/mol. The summed E-state index contributed by atoms with van der Waals surface area (Å²) in [6.45, 7) is 4.15. The van der Waals surface area contributed by atoms with Crippen LogP contribution in [-0.4, -0.2) is 61.4 Å². The van der Waals surface area contributed by atoms with Crippen LogP contribution in [0.1, 0.15) is 33.1 Å². The smallest absolute Gasteiger partial charge is 0.236 e. The fourth-order valence-corrected chi connectivity index (χ4v) is 2.35.